The third-order valence-corrected chi connectivity index (χ3v) is 4.18. The predicted octanol–water partition coefficient (Wildman–Crippen LogP) is 1.48. The zero-order valence-corrected chi connectivity index (χ0v) is 15.9. The molecule has 1 heterocycles. The summed E-state index contributed by atoms with van der Waals surface area (Å²) >= 11 is 5.13. The number of methoxy groups -OCH3 is 1. The Kier molecular flexibility index (Phi) is 7.11. The van der Waals surface area contributed by atoms with Gasteiger partial charge >= 0.3 is 0 Å². The molecule has 2 rings (SSSR count). The lowest BCUT2D eigenvalue weighted by molar-refractivity contribution is -0.130. The highest BCUT2D eigenvalue weighted by Gasteiger charge is 2.28. The van der Waals surface area contributed by atoms with Gasteiger partial charge in [0.2, 0.25) is 11.8 Å². The monoisotopic (exact) mass is 376 g/mol. The van der Waals surface area contributed by atoms with Crippen molar-refractivity contribution < 1.29 is 14.3 Å². The van der Waals surface area contributed by atoms with Gasteiger partial charge in [0.05, 0.1) is 19.1 Å². The third kappa shape index (κ3) is 5.27. The molecule has 1 aliphatic rings. The van der Waals surface area contributed by atoms with E-state index in [-0.39, 0.29) is 30.3 Å². The van der Waals surface area contributed by atoms with E-state index in [1.54, 1.807) is 18.2 Å². The van der Waals surface area contributed by atoms with Crippen molar-refractivity contribution in [1.82, 2.24) is 21.1 Å². The Hall–Kier alpha value is -2.45. The van der Waals surface area contributed by atoms with Crippen LogP contribution < -0.4 is 16.2 Å². The van der Waals surface area contributed by atoms with Crippen molar-refractivity contribution in [2.45, 2.75) is 32.4 Å². The number of benzene rings is 1. The van der Waals surface area contributed by atoms with E-state index < -0.39 is 0 Å². The molecule has 0 aromatic heterocycles. The third-order valence-electron chi connectivity index (χ3n) is 3.96. The highest BCUT2D eigenvalue weighted by Crippen LogP contribution is 2.32. The number of carbonyl (C=O) groups is 2. The SMILES string of the molecule is COC[C@@H](C)NC(=S)NNC(=O)C[C@@H]1c2ccccc2C=CN1C(C)=O. The second kappa shape index (κ2) is 9.30. The topological polar surface area (TPSA) is 82.7 Å². The molecule has 0 saturated heterocycles. The maximum atomic E-state index is 12.4. The number of carbonyl (C=O) groups excluding carboxylic acids is 2. The van der Waals surface area contributed by atoms with Gasteiger partial charge in [-0.1, -0.05) is 24.3 Å². The first-order chi connectivity index (χ1) is 12.4. The minimum atomic E-state index is -0.357. The van der Waals surface area contributed by atoms with Crippen LogP contribution in [0.25, 0.3) is 6.08 Å². The van der Waals surface area contributed by atoms with E-state index in [4.69, 9.17) is 17.0 Å². The van der Waals surface area contributed by atoms with Crippen LogP contribution in [0.2, 0.25) is 0 Å². The zero-order valence-electron chi connectivity index (χ0n) is 15.1. The Bertz CT molecular complexity index is 707. The Balaban J connectivity index is 1.97. The number of nitrogens with one attached hydrogen (secondary N) is 3. The molecule has 7 nitrogen and oxygen atoms in total. The van der Waals surface area contributed by atoms with Gasteiger partial charge in [0.15, 0.2) is 5.11 Å². The quantitative estimate of drug-likeness (QED) is 0.533. The molecule has 140 valence electrons. The van der Waals surface area contributed by atoms with Crippen molar-refractivity contribution in [2.24, 2.45) is 0 Å². The summed E-state index contributed by atoms with van der Waals surface area (Å²) in [5, 5.41) is 3.29. The van der Waals surface area contributed by atoms with Crippen LogP contribution in [-0.4, -0.2) is 41.6 Å². The molecule has 0 spiro atoms. The molecular formula is C18H24N4O3S. The van der Waals surface area contributed by atoms with Crippen LogP contribution in [0.5, 0.6) is 0 Å². The molecule has 1 aromatic carbocycles. The summed E-state index contributed by atoms with van der Waals surface area (Å²) in [7, 11) is 1.60. The molecule has 0 bridgehead atoms. The molecule has 0 radical (unpaired) electrons. The van der Waals surface area contributed by atoms with Gasteiger partial charge in [0, 0.05) is 26.3 Å². The minimum absolute atomic E-state index is 0.0143. The van der Waals surface area contributed by atoms with Crippen LogP contribution in [0.3, 0.4) is 0 Å². The lowest BCUT2D eigenvalue weighted by Gasteiger charge is -2.32. The molecule has 1 aromatic rings. The summed E-state index contributed by atoms with van der Waals surface area (Å²) in [4.78, 5) is 25.9. The van der Waals surface area contributed by atoms with Gasteiger partial charge in [-0.2, -0.15) is 0 Å². The van der Waals surface area contributed by atoms with Crippen molar-refractivity contribution in [3.05, 3.63) is 41.6 Å². The molecule has 26 heavy (non-hydrogen) atoms. The molecule has 0 fully saturated rings. The lowest BCUT2D eigenvalue weighted by Crippen LogP contribution is -2.50. The summed E-state index contributed by atoms with van der Waals surface area (Å²) in [6, 6.07) is 7.37. The van der Waals surface area contributed by atoms with E-state index in [9.17, 15) is 9.59 Å². The molecule has 0 saturated carbocycles. The van der Waals surface area contributed by atoms with Crippen molar-refractivity contribution in [2.75, 3.05) is 13.7 Å². The van der Waals surface area contributed by atoms with E-state index in [0.29, 0.717) is 11.7 Å². The lowest BCUT2D eigenvalue weighted by atomic mass is 9.93. The van der Waals surface area contributed by atoms with Gasteiger partial charge in [0.25, 0.3) is 0 Å². The average Bonchev–Trinajstić information content (AvgIpc) is 2.60. The molecule has 0 aliphatic carbocycles. The molecule has 0 unspecified atom stereocenters. The highest BCUT2D eigenvalue weighted by atomic mass is 32.1. The van der Waals surface area contributed by atoms with Crippen LogP contribution in [0.15, 0.2) is 30.5 Å². The smallest absolute Gasteiger partial charge is 0.240 e. The van der Waals surface area contributed by atoms with Gasteiger partial charge in [-0.05, 0) is 36.3 Å². The first-order valence-electron chi connectivity index (χ1n) is 8.32. The fourth-order valence-electron chi connectivity index (χ4n) is 2.82. The second-order valence-electron chi connectivity index (χ2n) is 6.09. The Morgan fingerprint density at radius 1 is 1.31 bits per heavy atom. The van der Waals surface area contributed by atoms with Crippen LogP contribution in [0.1, 0.15) is 37.4 Å². The van der Waals surface area contributed by atoms with Gasteiger partial charge in [0.1, 0.15) is 0 Å². The van der Waals surface area contributed by atoms with E-state index in [1.807, 2.05) is 37.3 Å². The van der Waals surface area contributed by atoms with E-state index >= 15 is 0 Å². The normalized spacial score (nSPS) is 16.4. The number of hydrogen-bond acceptors (Lipinski definition) is 4. The highest BCUT2D eigenvalue weighted by molar-refractivity contribution is 7.80. The molecule has 1 aliphatic heterocycles. The van der Waals surface area contributed by atoms with E-state index in [2.05, 4.69) is 16.2 Å². The van der Waals surface area contributed by atoms with Crippen molar-refractivity contribution in [3.8, 4) is 0 Å². The zero-order chi connectivity index (χ0) is 19.1. The fraction of sp³-hybridized carbons (Fsp3) is 0.389. The van der Waals surface area contributed by atoms with Crippen molar-refractivity contribution in [1.29, 1.82) is 0 Å². The summed E-state index contributed by atoms with van der Waals surface area (Å²) in [5.74, 6) is -0.387. The second-order valence-corrected chi connectivity index (χ2v) is 6.50. The average molecular weight is 376 g/mol. The first kappa shape index (κ1) is 19.9. The Morgan fingerprint density at radius 2 is 2.04 bits per heavy atom. The number of nitrogens with zero attached hydrogens (tertiary/aromatic N) is 1. The van der Waals surface area contributed by atoms with E-state index in [1.165, 1.54) is 6.92 Å². The predicted molar refractivity (Wildman–Crippen MR) is 104 cm³/mol. The van der Waals surface area contributed by atoms with Crippen LogP contribution in [-0.2, 0) is 14.3 Å². The standard InChI is InChI=1S/C18H24N4O3S/c1-12(11-25-3)19-18(26)21-20-17(24)10-16-15-7-5-4-6-14(15)8-9-22(16)13(2)23/h4-9,12,16H,10-11H2,1-3H3,(H,20,24)(H2,19,21,26)/t12-,16-/m1/s1. The largest absolute Gasteiger partial charge is 0.383 e. The van der Waals surface area contributed by atoms with Gasteiger partial charge in [-0.15, -0.1) is 0 Å². The molecule has 2 amide bonds. The number of rotatable bonds is 5. The molecular weight excluding hydrogens is 352 g/mol. The first-order valence-corrected chi connectivity index (χ1v) is 8.73. The Labute approximate surface area is 158 Å². The van der Waals surface area contributed by atoms with Crippen LogP contribution >= 0.6 is 12.2 Å². The van der Waals surface area contributed by atoms with Crippen LogP contribution in [0.4, 0.5) is 0 Å². The fourth-order valence-corrected chi connectivity index (χ4v) is 3.07. The summed E-state index contributed by atoms with van der Waals surface area (Å²) in [5.41, 5.74) is 7.19. The molecule has 2 atom stereocenters. The van der Waals surface area contributed by atoms with Crippen molar-refractivity contribution >= 4 is 35.2 Å². The summed E-state index contributed by atoms with van der Waals surface area (Å²) in [6.45, 7) is 3.89. The molecule has 8 heteroatoms. The number of hydrogen-bond donors (Lipinski definition) is 3. The minimum Gasteiger partial charge on any atom is -0.383 e. The van der Waals surface area contributed by atoms with E-state index in [0.717, 1.165) is 11.1 Å². The summed E-state index contributed by atoms with van der Waals surface area (Å²) < 4.78 is 5.02. The van der Waals surface area contributed by atoms with Gasteiger partial charge in [-0.3, -0.25) is 20.4 Å². The van der Waals surface area contributed by atoms with Crippen molar-refractivity contribution in [3.63, 3.8) is 0 Å². The number of fused-ring (bicyclic) bond motifs is 1. The number of hydrazine groups is 1. The van der Waals surface area contributed by atoms with Crippen LogP contribution in [0, 0.1) is 0 Å². The maximum Gasteiger partial charge on any atom is 0.240 e. The van der Waals surface area contributed by atoms with Gasteiger partial charge < -0.3 is 15.0 Å². The number of thiocarbonyl (C=S) groups is 1. The number of amides is 2. The number of ether oxygens (including phenoxy) is 1. The molecule has 3 N–H and O–H groups in total. The summed E-state index contributed by atoms with van der Waals surface area (Å²) in [6.07, 6.45) is 3.71. The van der Waals surface area contributed by atoms with Gasteiger partial charge in [-0.25, -0.2) is 0 Å². The maximum absolute atomic E-state index is 12.4. The Morgan fingerprint density at radius 3 is 2.73 bits per heavy atom.